The van der Waals surface area contributed by atoms with Crippen LogP contribution in [0.3, 0.4) is 0 Å². The summed E-state index contributed by atoms with van der Waals surface area (Å²) in [6.07, 6.45) is 1.19. The minimum Gasteiger partial charge on any atom is -0.466 e. The molecule has 5 heteroatoms. The molecule has 0 aromatic carbocycles. The van der Waals surface area contributed by atoms with Gasteiger partial charge in [0.2, 0.25) is 5.91 Å². The largest absolute Gasteiger partial charge is 0.466 e. The van der Waals surface area contributed by atoms with Crippen molar-refractivity contribution in [3.8, 4) is 0 Å². The number of hydrogen-bond acceptors (Lipinski definition) is 4. The minimum absolute atomic E-state index is 0.0387. The molecule has 0 aliphatic rings. The Hall–Kier alpha value is -1.10. The fraction of sp³-hybridized carbons (Fsp3) is 0.833. The summed E-state index contributed by atoms with van der Waals surface area (Å²) in [5, 5.41) is 5.86. The van der Waals surface area contributed by atoms with E-state index in [9.17, 15) is 9.59 Å². The second-order valence-corrected chi connectivity index (χ2v) is 4.05. The van der Waals surface area contributed by atoms with Crippen molar-refractivity contribution in [1.82, 2.24) is 10.6 Å². The molecule has 0 aromatic heterocycles. The maximum Gasteiger partial charge on any atom is 0.307 e. The fourth-order valence-electron chi connectivity index (χ4n) is 1.19. The van der Waals surface area contributed by atoms with Crippen LogP contribution in [-0.4, -0.2) is 37.1 Å². The summed E-state index contributed by atoms with van der Waals surface area (Å²) >= 11 is 0. The zero-order chi connectivity index (χ0) is 13.3. The lowest BCUT2D eigenvalue weighted by atomic mass is 10.2. The van der Waals surface area contributed by atoms with Gasteiger partial charge in [0, 0.05) is 12.6 Å². The molecular formula is C12H24N2O3. The molecule has 0 saturated heterocycles. The fourth-order valence-corrected chi connectivity index (χ4v) is 1.19. The maximum atomic E-state index is 11.6. The van der Waals surface area contributed by atoms with Crippen molar-refractivity contribution in [2.75, 3.05) is 13.2 Å². The highest BCUT2D eigenvalue weighted by Gasteiger charge is 2.14. The lowest BCUT2D eigenvalue weighted by Crippen LogP contribution is -2.45. The molecule has 0 aliphatic heterocycles. The van der Waals surface area contributed by atoms with Crippen LogP contribution in [0, 0.1) is 0 Å². The molecule has 2 N–H and O–H groups in total. The molecule has 0 radical (unpaired) electrons. The molecule has 0 fully saturated rings. The maximum absolute atomic E-state index is 11.6. The summed E-state index contributed by atoms with van der Waals surface area (Å²) in [5.74, 6) is -0.280. The lowest BCUT2D eigenvalue weighted by molar-refractivity contribution is -0.143. The summed E-state index contributed by atoms with van der Waals surface area (Å²) in [7, 11) is 0. The van der Waals surface area contributed by atoms with Crippen molar-refractivity contribution in [2.45, 2.75) is 52.6 Å². The van der Waals surface area contributed by atoms with Crippen LogP contribution in [0.1, 0.15) is 40.5 Å². The molecule has 1 amide bonds. The zero-order valence-electron chi connectivity index (χ0n) is 11.2. The molecule has 0 heterocycles. The Morgan fingerprint density at radius 1 is 1.24 bits per heavy atom. The van der Waals surface area contributed by atoms with Gasteiger partial charge in [-0.3, -0.25) is 9.59 Å². The highest BCUT2D eigenvalue weighted by atomic mass is 16.5. The molecular weight excluding hydrogens is 220 g/mol. The van der Waals surface area contributed by atoms with Crippen LogP contribution in [0.2, 0.25) is 0 Å². The van der Waals surface area contributed by atoms with Crippen molar-refractivity contribution in [3.05, 3.63) is 0 Å². The van der Waals surface area contributed by atoms with E-state index in [4.69, 9.17) is 4.74 Å². The zero-order valence-corrected chi connectivity index (χ0v) is 11.2. The first-order chi connectivity index (χ1) is 8.01. The van der Waals surface area contributed by atoms with E-state index in [2.05, 4.69) is 10.6 Å². The monoisotopic (exact) mass is 244 g/mol. The Kier molecular flexibility index (Phi) is 8.40. The van der Waals surface area contributed by atoms with Crippen LogP contribution in [0.15, 0.2) is 0 Å². The van der Waals surface area contributed by atoms with Crippen molar-refractivity contribution < 1.29 is 14.3 Å². The third-order valence-electron chi connectivity index (χ3n) is 2.48. The van der Waals surface area contributed by atoms with Crippen LogP contribution in [-0.2, 0) is 14.3 Å². The Morgan fingerprint density at radius 3 is 2.41 bits per heavy atom. The number of amides is 1. The molecule has 0 spiro atoms. The van der Waals surface area contributed by atoms with Gasteiger partial charge in [-0.05, 0) is 27.2 Å². The van der Waals surface area contributed by atoms with E-state index in [0.717, 1.165) is 6.42 Å². The lowest BCUT2D eigenvalue weighted by Gasteiger charge is -2.17. The van der Waals surface area contributed by atoms with Gasteiger partial charge in [-0.1, -0.05) is 6.92 Å². The van der Waals surface area contributed by atoms with E-state index < -0.39 is 0 Å². The molecule has 0 bridgehead atoms. The predicted molar refractivity (Wildman–Crippen MR) is 66.6 cm³/mol. The first-order valence-electron chi connectivity index (χ1n) is 6.20. The first-order valence-corrected chi connectivity index (χ1v) is 6.20. The van der Waals surface area contributed by atoms with Crippen LogP contribution >= 0.6 is 0 Å². The number of ether oxygens (including phenoxy) is 1. The molecule has 2 unspecified atom stereocenters. The Morgan fingerprint density at radius 2 is 1.88 bits per heavy atom. The summed E-state index contributed by atoms with van der Waals surface area (Å²) < 4.78 is 4.79. The van der Waals surface area contributed by atoms with Gasteiger partial charge in [0.1, 0.15) is 0 Å². The molecule has 17 heavy (non-hydrogen) atoms. The van der Waals surface area contributed by atoms with Crippen LogP contribution in [0.25, 0.3) is 0 Å². The second-order valence-electron chi connectivity index (χ2n) is 4.05. The summed E-state index contributed by atoms with van der Waals surface area (Å²) in [4.78, 5) is 22.7. The number of carbonyl (C=O) groups excluding carboxylic acids is 2. The van der Waals surface area contributed by atoms with Gasteiger partial charge in [0.25, 0.3) is 0 Å². The van der Waals surface area contributed by atoms with Gasteiger partial charge in [-0.2, -0.15) is 0 Å². The predicted octanol–water partition coefficient (Wildman–Crippen LogP) is 0.832. The van der Waals surface area contributed by atoms with E-state index in [0.29, 0.717) is 13.2 Å². The normalized spacial score (nSPS) is 13.9. The van der Waals surface area contributed by atoms with Crippen molar-refractivity contribution in [1.29, 1.82) is 0 Å². The van der Waals surface area contributed by atoms with Crippen molar-refractivity contribution >= 4 is 11.9 Å². The van der Waals surface area contributed by atoms with Crippen LogP contribution < -0.4 is 10.6 Å². The van der Waals surface area contributed by atoms with E-state index in [1.807, 2.05) is 13.8 Å². The Labute approximate surface area is 103 Å². The van der Waals surface area contributed by atoms with E-state index in [-0.39, 0.29) is 30.4 Å². The molecule has 5 nitrogen and oxygen atoms in total. The molecule has 0 rings (SSSR count). The summed E-state index contributed by atoms with van der Waals surface area (Å²) in [6, 6.07) is -0.116. The van der Waals surface area contributed by atoms with Gasteiger partial charge in [-0.15, -0.1) is 0 Å². The average molecular weight is 244 g/mol. The van der Waals surface area contributed by atoms with Gasteiger partial charge in [-0.25, -0.2) is 0 Å². The molecule has 100 valence electrons. The topological polar surface area (TPSA) is 67.4 Å². The van der Waals surface area contributed by atoms with Crippen molar-refractivity contribution in [3.63, 3.8) is 0 Å². The number of esters is 1. The highest BCUT2D eigenvalue weighted by Crippen LogP contribution is 1.91. The number of carbonyl (C=O) groups is 2. The summed E-state index contributed by atoms with van der Waals surface area (Å²) in [6.45, 7) is 8.38. The van der Waals surface area contributed by atoms with Gasteiger partial charge < -0.3 is 15.4 Å². The van der Waals surface area contributed by atoms with Crippen LogP contribution in [0.5, 0.6) is 0 Å². The molecule has 0 aliphatic carbocycles. The van der Waals surface area contributed by atoms with Crippen LogP contribution in [0.4, 0.5) is 0 Å². The third kappa shape index (κ3) is 7.74. The highest BCUT2D eigenvalue weighted by molar-refractivity contribution is 5.81. The van der Waals surface area contributed by atoms with Gasteiger partial charge >= 0.3 is 5.97 Å². The Balaban J connectivity index is 3.74. The number of hydrogen-bond donors (Lipinski definition) is 2. The third-order valence-corrected chi connectivity index (χ3v) is 2.48. The van der Waals surface area contributed by atoms with Gasteiger partial charge in [0.15, 0.2) is 0 Å². The van der Waals surface area contributed by atoms with E-state index in [1.54, 1.807) is 13.8 Å². The first kappa shape index (κ1) is 15.9. The molecule has 2 atom stereocenters. The minimum atomic E-state index is -0.293. The standard InChI is InChI=1S/C12H24N2O3/c1-5-9(3)14-12(16)10(4)13-8-7-11(15)17-6-2/h9-10,13H,5-8H2,1-4H3,(H,14,16). The smallest absolute Gasteiger partial charge is 0.307 e. The Bertz CT molecular complexity index is 244. The summed E-state index contributed by atoms with van der Waals surface area (Å²) in [5.41, 5.74) is 0. The van der Waals surface area contributed by atoms with Crippen molar-refractivity contribution in [2.24, 2.45) is 0 Å². The molecule has 0 aromatic rings. The second kappa shape index (κ2) is 8.98. The van der Waals surface area contributed by atoms with E-state index >= 15 is 0 Å². The molecule has 0 saturated carbocycles. The van der Waals surface area contributed by atoms with Gasteiger partial charge in [0.05, 0.1) is 19.1 Å². The van der Waals surface area contributed by atoms with E-state index in [1.165, 1.54) is 0 Å². The number of nitrogens with one attached hydrogen (secondary N) is 2. The number of rotatable bonds is 8. The average Bonchev–Trinajstić information content (AvgIpc) is 2.28. The SMILES string of the molecule is CCOC(=O)CCNC(C)C(=O)NC(C)CC. The quantitative estimate of drug-likeness (QED) is 0.621.